The molecule has 0 saturated heterocycles. The number of carbonyl (C=O) groups excluding carboxylic acids is 2. The van der Waals surface area contributed by atoms with Gasteiger partial charge in [-0.25, -0.2) is 0 Å². The molecule has 0 spiro atoms. The minimum atomic E-state index is -0.0532. The van der Waals surface area contributed by atoms with Gasteiger partial charge in [0.15, 0.2) is 5.78 Å². The van der Waals surface area contributed by atoms with E-state index in [4.69, 9.17) is 0 Å². The third-order valence-electron chi connectivity index (χ3n) is 4.44. The van der Waals surface area contributed by atoms with E-state index in [0.29, 0.717) is 17.2 Å². The summed E-state index contributed by atoms with van der Waals surface area (Å²) in [4.78, 5) is 27.1. The predicted octanol–water partition coefficient (Wildman–Crippen LogP) is 3.14. The number of hydrogen-bond donors (Lipinski definition) is 2. The highest BCUT2D eigenvalue weighted by Crippen LogP contribution is 2.25. The van der Waals surface area contributed by atoms with Crippen LogP contribution in [0.3, 0.4) is 0 Å². The zero-order valence-electron chi connectivity index (χ0n) is 12.8. The number of ketones is 1. The molecule has 1 aromatic heterocycles. The summed E-state index contributed by atoms with van der Waals surface area (Å²) in [6.07, 6.45) is 4.66. The third kappa shape index (κ3) is 2.79. The summed E-state index contributed by atoms with van der Waals surface area (Å²) >= 11 is 0. The Balaban J connectivity index is 2.19. The largest absolute Gasteiger partial charge is 0.355 e. The summed E-state index contributed by atoms with van der Waals surface area (Å²) in [6.45, 7) is 7.39. The first-order valence-electron chi connectivity index (χ1n) is 7.42. The van der Waals surface area contributed by atoms with Crippen LogP contribution < -0.4 is 5.32 Å². The fourth-order valence-electron chi connectivity index (χ4n) is 3.21. The van der Waals surface area contributed by atoms with Gasteiger partial charge in [0.25, 0.3) is 5.91 Å². The lowest BCUT2D eigenvalue weighted by molar-refractivity contribution is 0.0909. The quantitative estimate of drug-likeness (QED) is 0.833. The molecule has 1 aliphatic rings. The van der Waals surface area contributed by atoms with Crippen LogP contribution in [-0.4, -0.2) is 22.7 Å². The van der Waals surface area contributed by atoms with Crippen LogP contribution in [0.2, 0.25) is 0 Å². The Morgan fingerprint density at radius 1 is 1.20 bits per heavy atom. The zero-order valence-corrected chi connectivity index (χ0v) is 12.8. The van der Waals surface area contributed by atoms with Gasteiger partial charge in [-0.2, -0.15) is 0 Å². The van der Waals surface area contributed by atoms with Crippen molar-refractivity contribution >= 4 is 11.7 Å². The molecule has 2 rings (SSSR count). The Morgan fingerprint density at radius 3 is 2.40 bits per heavy atom. The van der Waals surface area contributed by atoms with Gasteiger partial charge < -0.3 is 10.3 Å². The fourth-order valence-corrected chi connectivity index (χ4v) is 3.21. The number of hydrogen-bond acceptors (Lipinski definition) is 2. The summed E-state index contributed by atoms with van der Waals surface area (Å²) in [5, 5.41) is 3.15. The number of H-pyrrole nitrogens is 1. The molecule has 1 fully saturated rings. The highest BCUT2D eigenvalue weighted by Gasteiger charge is 2.26. The second-order valence-corrected chi connectivity index (χ2v) is 6.02. The van der Waals surface area contributed by atoms with Crippen molar-refractivity contribution in [2.75, 3.05) is 0 Å². The molecule has 110 valence electrons. The number of amides is 1. The molecule has 2 atom stereocenters. The minimum absolute atomic E-state index is 0.0318. The van der Waals surface area contributed by atoms with Gasteiger partial charge in [-0.15, -0.1) is 0 Å². The lowest BCUT2D eigenvalue weighted by Gasteiger charge is -2.29. The van der Waals surface area contributed by atoms with E-state index in [-0.39, 0.29) is 17.7 Å². The summed E-state index contributed by atoms with van der Waals surface area (Å²) < 4.78 is 0. The van der Waals surface area contributed by atoms with Crippen LogP contribution in [0.4, 0.5) is 0 Å². The first-order chi connectivity index (χ1) is 9.41. The topological polar surface area (TPSA) is 62.0 Å². The van der Waals surface area contributed by atoms with Gasteiger partial charge >= 0.3 is 0 Å². The van der Waals surface area contributed by atoms with E-state index < -0.39 is 0 Å². The van der Waals surface area contributed by atoms with Crippen molar-refractivity contribution < 1.29 is 9.59 Å². The molecule has 0 radical (unpaired) electrons. The molecule has 4 nitrogen and oxygen atoms in total. The molecule has 1 aliphatic carbocycles. The van der Waals surface area contributed by atoms with Crippen molar-refractivity contribution in [3.05, 3.63) is 22.5 Å². The van der Waals surface area contributed by atoms with Crippen molar-refractivity contribution in [2.24, 2.45) is 5.92 Å². The second kappa shape index (κ2) is 5.81. The summed E-state index contributed by atoms with van der Waals surface area (Å²) in [5.41, 5.74) is 2.71. The van der Waals surface area contributed by atoms with Crippen molar-refractivity contribution in [1.82, 2.24) is 10.3 Å². The molecule has 1 saturated carbocycles. The van der Waals surface area contributed by atoms with Crippen molar-refractivity contribution in [1.29, 1.82) is 0 Å². The van der Waals surface area contributed by atoms with E-state index in [1.165, 1.54) is 26.2 Å². The van der Waals surface area contributed by atoms with Gasteiger partial charge in [0.05, 0.1) is 11.3 Å². The highest BCUT2D eigenvalue weighted by atomic mass is 16.2. The molecule has 1 heterocycles. The molecule has 0 bridgehead atoms. The molecule has 1 amide bonds. The van der Waals surface area contributed by atoms with E-state index in [1.807, 2.05) is 13.8 Å². The van der Waals surface area contributed by atoms with Crippen LogP contribution in [0.5, 0.6) is 0 Å². The smallest absolute Gasteiger partial charge is 0.253 e. The maximum absolute atomic E-state index is 12.5. The molecule has 1 aromatic rings. The van der Waals surface area contributed by atoms with Crippen LogP contribution in [0.15, 0.2) is 0 Å². The Bertz CT molecular complexity index is 531. The second-order valence-electron chi connectivity index (χ2n) is 6.02. The molecule has 0 aromatic carbocycles. The Labute approximate surface area is 120 Å². The highest BCUT2D eigenvalue weighted by molar-refractivity contribution is 6.02. The SMILES string of the molecule is CC(=O)c1[nH]c(C)c(C(=O)NC2CCCCC2C)c1C. The molecule has 20 heavy (non-hydrogen) atoms. The van der Waals surface area contributed by atoms with E-state index in [1.54, 1.807) is 0 Å². The monoisotopic (exact) mass is 276 g/mol. The van der Waals surface area contributed by atoms with E-state index in [2.05, 4.69) is 17.2 Å². The average molecular weight is 276 g/mol. The zero-order chi connectivity index (χ0) is 14.9. The number of carbonyl (C=O) groups is 2. The number of aryl methyl sites for hydroxylation is 1. The lowest BCUT2D eigenvalue weighted by atomic mass is 9.86. The standard InChI is InChI=1S/C16H24N2O2/c1-9-7-5-6-8-13(9)18-16(20)14-10(2)15(12(4)19)17-11(14)3/h9,13,17H,5-8H2,1-4H3,(H,18,20). The molecular weight excluding hydrogens is 252 g/mol. The summed E-state index contributed by atoms with van der Waals surface area (Å²) in [6, 6.07) is 0.255. The first-order valence-corrected chi connectivity index (χ1v) is 7.42. The Kier molecular flexibility index (Phi) is 4.31. The first kappa shape index (κ1) is 14.8. The van der Waals surface area contributed by atoms with Crippen molar-refractivity contribution in [2.45, 2.75) is 59.4 Å². The number of Topliss-reactive ketones (excluding diaryl/α,β-unsaturated/α-hetero) is 1. The molecule has 0 aliphatic heterocycles. The van der Waals surface area contributed by atoms with Crippen LogP contribution in [0, 0.1) is 19.8 Å². The molecule has 2 unspecified atom stereocenters. The normalized spacial score (nSPS) is 22.6. The van der Waals surface area contributed by atoms with Gasteiger partial charge in [-0.05, 0) is 38.2 Å². The molecule has 4 heteroatoms. The van der Waals surface area contributed by atoms with Crippen LogP contribution >= 0.6 is 0 Å². The van der Waals surface area contributed by atoms with Gasteiger partial charge in [0.1, 0.15) is 0 Å². The van der Waals surface area contributed by atoms with Crippen molar-refractivity contribution in [3.63, 3.8) is 0 Å². The number of rotatable bonds is 3. The molecular formula is C16H24N2O2. The maximum Gasteiger partial charge on any atom is 0.253 e. The van der Waals surface area contributed by atoms with Crippen LogP contribution in [0.25, 0.3) is 0 Å². The Morgan fingerprint density at radius 2 is 1.85 bits per heavy atom. The van der Waals surface area contributed by atoms with E-state index >= 15 is 0 Å². The third-order valence-corrected chi connectivity index (χ3v) is 4.44. The van der Waals surface area contributed by atoms with Crippen LogP contribution in [-0.2, 0) is 0 Å². The van der Waals surface area contributed by atoms with Crippen molar-refractivity contribution in [3.8, 4) is 0 Å². The van der Waals surface area contributed by atoms with Gasteiger partial charge in [0, 0.05) is 18.7 Å². The van der Waals surface area contributed by atoms with Gasteiger partial charge in [-0.1, -0.05) is 19.8 Å². The van der Waals surface area contributed by atoms with E-state index in [0.717, 1.165) is 17.7 Å². The average Bonchev–Trinajstić information content (AvgIpc) is 2.68. The number of nitrogens with one attached hydrogen (secondary N) is 2. The van der Waals surface area contributed by atoms with Crippen LogP contribution in [0.1, 0.15) is 71.6 Å². The minimum Gasteiger partial charge on any atom is -0.355 e. The summed E-state index contributed by atoms with van der Waals surface area (Å²) in [5.74, 6) is 0.442. The Hall–Kier alpha value is -1.58. The fraction of sp³-hybridized carbons (Fsp3) is 0.625. The van der Waals surface area contributed by atoms with Gasteiger partial charge in [-0.3, -0.25) is 9.59 Å². The number of aromatic nitrogens is 1. The van der Waals surface area contributed by atoms with Gasteiger partial charge in [0.2, 0.25) is 0 Å². The lowest BCUT2D eigenvalue weighted by Crippen LogP contribution is -2.41. The van der Waals surface area contributed by atoms with E-state index in [9.17, 15) is 9.59 Å². The maximum atomic E-state index is 12.5. The number of aromatic amines is 1. The predicted molar refractivity (Wildman–Crippen MR) is 79.2 cm³/mol. The summed E-state index contributed by atoms with van der Waals surface area (Å²) in [7, 11) is 0. The molecule has 2 N–H and O–H groups in total.